The second-order valence-corrected chi connectivity index (χ2v) is 5.92. The first kappa shape index (κ1) is 16.4. The minimum absolute atomic E-state index is 0.0258. The maximum Gasteiger partial charge on any atom is 0.339 e. The Bertz CT molecular complexity index is 780. The molecule has 5 nitrogen and oxygen atoms in total. The second kappa shape index (κ2) is 6.22. The van der Waals surface area contributed by atoms with E-state index in [-0.39, 0.29) is 30.8 Å². The molecule has 1 aliphatic heterocycles. The molecule has 0 atom stereocenters. The van der Waals surface area contributed by atoms with Crippen LogP contribution in [0.1, 0.15) is 29.6 Å². The number of carbonyl (C=O) groups is 1. The molecule has 2 aromatic rings. The van der Waals surface area contributed by atoms with Gasteiger partial charge in [-0.25, -0.2) is 18.6 Å². The Kier molecular flexibility index (Phi) is 4.26. The maximum atomic E-state index is 13.6. The van der Waals surface area contributed by atoms with Crippen LogP contribution in [0.25, 0.3) is 10.9 Å². The molecule has 0 saturated carbocycles. The minimum atomic E-state index is -2.71. The highest BCUT2D eigenvalue weighted by molar-refractivity contribution is 5.98. The molecule has 1 aromatic heterocycles. The van der Waals surface area contributed by atoms with E-state index in [1.54, 1.807) is 23.1 Å². The van der Waals surface area contributed by atoms with Gasteiger partial charge in [-0.05, 0) is 24.6 Å². The number of nitrogens with zero attached hydrogens (tertiary/aromatic N) is 2. The normalized spacial score (nSPS) is 17.5. The summed E-state index contributed by atoms with van der Waals surface area (Å²) in [6.07, 6.45) is -0.193. The summed E-state index contributed by atoms with van der Waals surface area (Å²) in [4.78, 5) is 17.7. The Morgan fingerprint density at radius 1 is 1.29 bits per heavy atom. The van der Waals surface area contributed by atoms with Crippen molar-refractivity contribution in [1.82, 2.24) is 4.98 Å². The summed E-state index contributed by atoms with van der Waals surface area (Å²) in [6.45, 7) is 0.439. The molecule has 128 valence electrons. The second-order valence-electron chi connectivity index (χ2n) is 5.92. The van der Waals surface area contributed by atoms with E-state index in [9.17, 15) is 18.7 Å². The number of aromatic nitrogens is 1. The van der Waals surface area contributed by atoms with Gasteiger partial charge in [0.15, 0.2) is 0 Å². The molecule has 1 aromatic carbocycles. The van der Waals surface area contributed by atoms with E-state index in [0.29, 0.717) is 29.6 Å². The van der Waals surface area contributed by atoms with Crippen LogP contribution in [0.15, 0.2) is 24.3 Å². The zero-order valence-electron chi connectivity index (χ0n) is 13.3. The quantitative estimate of drug-likeness (QED) is 0.928. The van der Waals surface area contributed by atoms with Crippen LogP contribution < -0.4 is 9.64 Å². The molecule has 3 rings (SSSR count). The maximum absolute atomic E-state index is 13.6. The number of pyridine rings is 1. The number of benzene rings is 1. The lowest BCUT2D eigenvalue weighted by atomic mass is 10.1. The van der Waals surface area contributed by atoms with Gasteiger partial charge in [-0.1, -0.05) is 0 Å². The third-order valence-corrected chi connectivity index (χ3v) is 4.25. The van der Waals surface area contributed by atoms with Crippen LogP contribution in [0.4, 0.5) is 14.6 Å². The van der Waals surface area contributed by atoms with Crippen molar-refractivity contribution in [3.63, 3.8) is 0 Å². The molecule has 1 fully saturated rings. The van der Waals surface area contributed by atoms with E-state index >= 15 is 0 Å². The van der Waals surface area contributed by atoms with E-state index in [4.69, 9.17) is 4.74 Å². The number of anilines is 1. The zero-order chi connectivity index (χ0) is 17.3. The number of carboxylic acid groups (broad SMARTS) is 1. The van der Waals surface area contributed by atoms with Gasteiger partial charge >= 0.3 is 5.97 Å². The fourth-order valence-corrected chi connectivity index (χ4v) is 2.94. The van der Waals surface area contributed by atoms with Crippen LogP contribution >= 0.6 is 0 Å². The predicted molar refractivity (Wildman–Crippen MR) is 86.3 cm³/mol. The van der Waals surface area contributed by atoms with Crippen molar-refractivity contribution in [2.45, 2.75) is 25.2 Å². The van der Waals surface area contributed by atoms with Crippen molar-refractivity contribution in [2.75, 3.05) is 25.1 Å². The summed E-state index contributed by atoms with van der Waals surface area (Å²) in [5.74, 6) is -2.99. The van der Waals surface area contributed by atoms with Crippen molar-refractivity contribution < 1.29 is 23.4 Å². The Labute approximate surface area is 137 Å². The van der Waals surface area contributed by atoms with Crippen LogP contribution in [0.2, 0.25) is 0 Å². The topological polar surface area (TPSA) is 62.7 Å². The fourth-order valence-electron chi connectivity index (χ4n) is 2.94. The first-order valence-corrected chi connectivity index (χ1v) is 7.74. The lowest BCUT2D eigenvalue weighted by Crippen LogP contribution is -2.28. The summed E-state index contributed by atoms with van der Waals surface area (Å²) in [6, 6.07) is 6.69. The number of aromatic carboxylic acids is 1. The number of hydrogen-bond acceptors (Lipinski definition) is 4. The number of carboxylic acids is 1. The largest absolute Gasteiger partial charge is 0.497 e. The number of methoxy groups -OCH3 is 1. The first-order valence-electron chi connectivity index (χ1n) is 7.74. The van der Waals surface area contributed by atoms with Crippen molar-refractivity contribution in [3.8, 4) is 5.75 Å². The molecule has 1 saturated heterocycles. The zero-order valence-corrected chi connectivity index (χ0v) is 13.3. The van der Waals surface area contributed by atoms with Gasteiger partial charge in [0.05, 0.1) is 12.6 Å². The molecule has 0 aliphatic carbocycles. The summed E-state index contributed by atoms with van der Waals surface area (Å²) in [5, 5.41) is 10.2. The van der Waals surface area contributed by atoms with Gasteiger partial charge < -0.3 is 14.7 Å². The molecule has 0 unspecified atom stereocenters. The third-order valence-electron chi connectivity index (χ3n) is 4.25. The SMILES string of the molecule is COc1ccc2cc(C(=O)O)c(N3CCCC(F)(F)CC3)nc2c1. The highest BCUT2D eigenvalue weighted by atomic mass is 19.3. The van der Waals surface area contributed by atoms with Crippen molar-refractivity contribution >= 4 is 22.7 Å². The molecule has 24 heavy (non-hydrogen) atoms. The number of alkyl halides is 2. The summed E-state index contributed by atoms with van der Waals surface area (Å²) >= 11 is 0. The standard InChI is InChI=1S/C17H18F2N2O3/c1-24-12-4-3-11-9-13(16(22)23)15(20-14(11)10-12)21-7-2-5-17(18,19)6-8-21/h3-4,9-10H,2,5-8H2,1H3,(H,22,23). The lowest BCUT2D eigenvalue weighted by Gasteiger charge is -2.23. The van der Waals surface area contributed by atoms with E-state index in [1.165, 1.54) is 13.2 Å². The number of rotatable bonds is 3. The molecule has 0 radical (unpaired) electrons. The summed E-state index contributed by atoms with van der Waals surface area (Å²) < 4.78 is 32.3. The third kappa shape index (κ3) is 3.25. The van der Waals surface area contributed by atoms with Gasteiger partial charge in [0.25, 0.3) is 0 Å². The van der Waals surface area contributed by atoms with Crippen LogP contribution in [0.3, 0.4) is 0 Å². The number of fused-ring (bicyclic) bond motifs is 1. The Hall–Kier alpha value is -2.44. The van der Waals surface area contributed by atoms with Crippen LogP contribution in [0, 0.1) is 0 Å². The predicted octanol–water partition coefficient (Wildman–Crippen LogP) is 3.57. The van der Waals surface area contributed by atoms with Crippen LogP contribution in [-0.2, 0) is 0 Å². The smallest absolute Gasteiger partial charge is 0.339 e. The molecule has 2 heterocycles. The molecule has 1 aliphatic rings. The first-order chi connectivity index (χ1) is 11.4. The number of hydrogen-bond donors (Lipinski definition) is 1. The van der Waals surface area contributed by atoms with Gasteiger partial charge in [0.2, 0.25) is 5.92 Å². The molecular formula is C17H18F2N2O3. The van der Waals surface area contributed by atoms with Crippen molar-refractivity contribution in [2.24, 2.45) is 0 Å². The van der Waals surface area contributed by atoms with E-state index in [2.05, 4.69) is 4.98 Å². The van der Waals surface area contributed by atoms with Gasteiger partial charge in [-0.15, -0.1) is 0 Å². The van der Waals surface area contributed by atoms with Crippen LogP contribution in [0.5, 0.6) is 5.75 Å². The molecule has 0 spiro atoms. The number of ether oxygens (including phenoxy) is 1. The van der Waals surface area contributed by atoms with Gasteiger partial charge in [-0.2, -0.15) is 0 Å². The monoisotopic (exact) mass is 336 g/mol. The van der Waals surface area contributed by atoms with Crippen LogP contribution in [-0.4, -0.2) is 42.2 Å². The Morgan fingerprint density at radius 2 is 2.08 bits per heavy atom. The van der Waals surface area contributed by atoms with E-state index < -0.39 is 11.9 Å². The minimum Gasteiger partial charge on any atom is -0.497 e. The molecule has 1 N–H and O–H groups in total. The van der Waals surface area contributed by atoms with Gasteiger partial charge in [0, 0.05) is 37.4 Å². The van der Waals surface area contributed by atoms with Gasteiger partial charge in [0.1, 0.15) is 17.1 Å². The fraction of sp³-hybridized carbons (Fsp3) is 0.412. The highest BCUT2D eigenvalue weighted by Crippen LogP contribution is 2.32. The summed E-state index contributed by atoms with van der Waals surface area (Å²) in [5.41, 5.74) is 0.600. The molecule has 7 heteroatoms. The molecule has 0 bridgehead atoms. The highest BCUT2D eigenvalue weighted by Gasteiger charge is 2.33. The lowest BCUT2D eigenvalue weighted by molar-refractivity contribution is -0.0102. The van der Waals surface area contributed by atoms with Gasteiger partial charge in [-0.3, -0.25) is 0 Å². The Morgan fingerprint density at radius 3 is 2.79 bits per heavy atom. The Balaban J connectivity index is 2.07. The van der Waals surface area contributed by atoms with Crippen molar-refractivity contribution in [3.05, 3.63) is 29.8 Å². The molecular weight excluding hydrogens is 318 g/mol. The average Bonchev–Trinajstić information content (AvgIpc) is 2.73. The molecule has 0 amide bonds. The van der Waals surface area contributed by atoms with Crippen molar-refractivity contribution in [1.29, 1.82) is 0 Å². The van der Waals surface area contributed by atoms with E-state index in [0.717, 1.165) is 0 Å². The average molecular weight is 336 g/mol. The number of halogens is 2. The van der Waals surface area contributed by atoms with E-state index in [1.807, 2.05) is 0 Å². The summed E-state index contributed by atoms with van der Waals surface area (Å²) in [7, 11) is 1.53.